The topological polar surface area (TPSA) is 83.9 Å². The molecule has 1 aliphatic rings. The van der Waals surface area contributed by atoms with Crippen molar-refractivity contribution in [2.45, 2.75) is 39.2 Å². The van der Waals surface area contributed by atoms with Crippen LogP contribution < -0.4 is 10.3 Å². The number of nitrogens with zero attached hydrogens (tertiary/aromatic N) is 3. The second-order valence-corrected chi connectivity index (χ2v) is 7.24. The number of hydrogen-bond acceptors (Lipinski definition) is 7. The molecule has 1 aromatic carbocycles. The maximum atomic E-state index is 12.8. The van der Waals surface area contributed by atoms with Gasteiger partial charge in [-0.3, -0.25) is 9.80 Å². The van der Waals surface area contributed by atoms with Crippen LogP contribution in [0, 0.1) is 0 Å². The van der Waals surface area contributed by atoms with Gasteiger partial charge in [-0.05, 0) is 25.5 Å². The predicted molar refractivity (Wildman–Crippen MR) is 110 cm³/mol. The average Bonchev–Trinajstić information content (AvgIpc) is 3.36. The number of esters is 1. The first-order chi connectivity index (χ1) is 13.6. The molecule has 0 saturated carbocycles. The number of anilines is 1. The first-order valence-electron chi connectivity index (χ1n) is 9.42. The second-order valence-electron chi connectivity index (χ2n) is 6.29. The van der Waals surface area contributed by atoms with Gasteiger partial charge in [0.15, 0.2) is 0 Å². The Balaban J connectivity index is 1.65. The molecule has 28 heavy (non-hydrogen) atoms. The van der Waals surface area contributed by atoms with E-state index in [1.54, 1.807) is 23.3 Å². The first-order valence-corrected chi connectivity index (χ1v) is 10.3. The molecular weight excluding hydrogens is 376 g/mol. The minimum Gasteiger partial charge on any atom is -0.461 e. The van der Waals surface area contributed by atoms with Gasteiger partial charge in [0.25, 0.3) is 0 Å². The average molecular weight is 401 g/mol. The highest BCUT2D eigenvalue weighted by Gasteiger charge is 2.36. The fourth-order valence-electron chi connectivity index (χ4n) is 2.93. The molecule has 0 saturated heterocycles. The Hall–Kier alpha value is -2.74. The van der Waals surface area contributed by atoms with Crippen molar-refractivity contribution in [2.24, 2.45) is 5.10 Å². The zero-order valence-electron chi connectivity index (χ0n) is 16.1. The van der Waals surface area contributed by atoms with Gasteiger partial charge in [-0.1, -0.05) is 25.1 Å². The molecule has 2 aromatic rings. The van der Waals surface area contributed by atoms with Gasteiger partial charge in [0, 0.05) is 24.8 Å². The summed E-state index contributed by atoms with van der Waals surface area (Å²) in [5.74, 6) is -0.647. The van der Waals surface area contributed by atoms with Crippen molar-refractivity contribution in [3.05, 3.63) is 46.4 Å². The van der Waals surface area contributed by atoms with Gasteiger partial charge in [0.2, 0.25) is 5.91 Å². The van der Waals surface area contributed by atoms with E-state index in [-0.39, 0.29) is 24.6 Å². The first kappa shape index (κ1) is 20.0. The number of aryl methyl sites for hydroxylation is 1. The van der Waals surface area contributed by atoms with Crippen molar-refractivity contribution in [2.75, 3.05) is 18.2 Å². The molecule has 0 radical (unpaired) electrons. The van der Waals surface area contributed by atoms with Crippen LogP contribution in [0.1, 0.15) is 31.0 Å². The van der Waals surface area contributed by atoms with Crippen molar-refractivity contribution in [1.29, 1.82) is 0 Å². The molecule has 0 spiro atoms. The van der Waals surface area contributed by atoms with E-state index < -0.39 is 12.0 Å². The molecule has 8 heteroatoms. The Morgan fingerprint density at radius 2 is 2.07 bits per heavy atom. The molecule has 0 aliphatic carbocycles. The van der Waals surface area contributed by atoms with E-state index >= 15 is 0 Å². The summed E-state index contributed by atoms with van der Waals surface area (Å²) in [5.41, 5.74) is 2.00. The summed E-state index contributed by atoms with van der Waals surface area (Å²) in [7, 11) is 0. The van der Waals surface area contributed by atoms with Crippen LogP contribution in [0.4, 0.5) is 5.69 Å². The third-order valence-corrected chi connectivity index (χ3v) is 5.37. The Labute approximate surface area is 168 Å². The van der Waals surface area contributed by atoms with Gasteiger partial charge in [-0.2, -0.15) is 5.10 Å². The molecular formula is C20H24N4O3S. The number of carbonyl (C=O) groups is 2. The molecule has 0 bridgehead atoms. The van der Waals surface area contributed by atoms with Crippen LogP contribution in [0.15, 0.2) is 40.8 Å². The van der Waals surface area contributed by atoms with E-state index in [9.17, 15) is 9.59 Å². The van der Waals surface area contributed by atoms with Gasteiger partial charge in [-0.25, -0.2) is 9.78 Å². The van der Waals surface area contributed by atoms with Gasteiger partial charge in [0.05, 0.1) is 23.0 Å². The zero-order valence-corrected chi connectivity index (χ0v) is 16.9. The van der Waals surface area contributed by atoms with E-state index in [0.717, 1.165) is 22.8 Å². The fourth-order valence-corrected chi connectivity index (χ4v) is 3.71. The quantitative estimate of drug-likeness (QED) is 0.689. The largest absolute Gasteiger partial charge is 0.461 e. The van der Waals surface area contributed by atoms with Crippen LogP contribution in [-0.4, -0.2) is 41.8 Å². The monoisotopic (exact) mass is 400 g/mol. The number of para-hydroxylation sites is 1. The van der Waals surface area contributed by atoms with Gasteiger partial charge in [-0.15, -0.1) is 11.3 Å². The van der Waals surface area contributed by atoms with Crippen molar-refractivity contribution in [1.82, 2.24) is 10.3 Å². The zero-order chi connectivity index (χ0) is 19.9. The summed E-state index contributed by atoms with van der Waals surface area (Å²) >= 11 is 1.64. The van der Waals surface area contributed by atoms with Crippen LogP contribution in [0.5, 0.6) is 0 Å². The molecule has 148 valence electrons. The predicted octanol–water partition coefficient (Wildman–Crippen LogP) is 2.56. The molecule has 1 amide bonds. The number of rotatable bonds is 8. The third-order valence-electron chi connectivity index (χ3n) is 4.33. The number of nitrogens with one attached hydrogen (secondary N) is 1. The second kappa shape index (κ2) is 9.45. The Kier molecular flexibility index (Phi) is 6.76. The maximum absolute atomic E-state index is 12.8. The summed E-state index contributed by atoms with van der Waals surface area (Å²) < 4.78 is 5.05. The number of benzene rings is 1. The van der Waals surface area contributed by atoms with Crippen LogP contribution in [0.2, 0.25) is 0 Å². The molecule has 1 atom stereocenters. The number of aromatic nitrogens is 1. The lowest BCUT2D eigenvalue weighted by atomic mass is 10.1. The Morgan fingerprint density at radius 3 is 2.75 bits per heavy atom. The number of carbonyl (C=O) groups excluding carboxylic acids is 2. The van der Waals surface area contributed by atoms with Crippen molar-refractivity contribution in [3.63, 3.8) is 0 Å². The molecule has 1 aromatic heterocycles. The lowest BCUT2D eigenvalue weighted by molar-refractivity contribution is -0.135. The van der Waals surface area contributed by atoms with E-state index in [4.69, 9.17) is 4.74 Å². The lowest BCUT2D eigenvalue weighted by Gasteiger charge is -2.22. The summed E-state index contributed by atoms with van der Waals surface area (Å²) in [6.07, 6.45) is 1.81. The minimum atomic E-state index is -0.580. The molecule has 0 fully saturated rings. The van der Waals surface area contributed by atoms with E-state index in [0.29, 0.717) is 13.0 Å². The van der Waals surface area contributed by atoms with Crippen LogP contribution in [0.25, 0.3) is 0 Å². The van der Waals surface area contributed by atoms with Gasteiger partial charge < -0.3 is 10.1 Å². The minimum absolute atomic E-state index is 0.169. The normalized spacial score (nSPS) is 16.0. The van der Waals surface area contributed by atoms with Gasteiger partial charge >= 0.3 is 5.97 Å². The number of ether oxygens (including phenoxy) is 1. The van der Waals surface area contributed by atoms with Crippen molar-refractivity contribution >= 4 is 34.6 Å². The molecule has 2 heterocycles. The number of amides is 1. The van der Waals surface area contributed by atoms with E-state index in [1.807, 2.05) is 35.7 Å². The third kappa shape index (κ3) is 4.75. The Bertz CT molecular complexity index is 850. The Morgan fingerprint density at radius 1 is 1.29 bits per heavy atom. The summed E-state index contributed by atoms with van der Waals surface area (Å²) in [6.45, 7) is 4.58. The van der Waals surface area contributed by atoms with Crippen LogP contribution in [-0.2, 0) is 27.2 Å². The summed E-state index contributed by atoms with van der Waals surface area (Å²) in [4.78, 5) is 29.4. The molecule has 1 N–H and O–H groups in total. The number of hydrogen-bond donors (Lipinski definition) is 1. The van der Waals surface area contributed by atoms with Gasteiger partial charge in [0.1, 0.15) is 11.8 Å². The van der Waals surface area contributed by atoms with E-state index in [2.05, 4.69) is 22.3 Å². The van der Waals surface area contributed by atoms with Crippen molar-refractivity contribution in [3.8, 4) is 0 Å². The fraction of sp³-hybridized carbons (Fsp3) is 0.400. The van der Waals surface area contributed by atoms with Crippen LogP contribution >= 0.6 is 11.3 Å². The SMILES string of the molecule is CCOC(=O)C1=NN(c2ccccc2)C(C(=O)NCCc2csc(CC)n2)C1. The molecule has 3 rings (SSSR count). The number of hydrazone groups is 1. The maximum Gasteiger partial charge on any atom is 0.354 e. The highest BCUT2D eigenvalue weighted by atomic mass is 32.1. The van der Waals surface area contributed by atoms with Crippen molar-refractivity contribution < 1.29 is 14.3 Å². The number of thiazole rings is 1. The summed E-state index contributed by atoms with van der Waals surface area (Å²) in [5, 5.41) is 12.0. The molecule has 7 nitrogen and oxygen atoms in total. The standard InChI is InChI=1S/C20H24N4O3S/c1-3-18-22-14(13-28-18)10-11-21-19(25)17-12-16(20(26)27-4-2)23-24(17)15-8-6-5-7-9-15/h5-9,13,17H,3-4,10-12H2,1-2H3,(H,21,25). The highest BCUT2D eigenvalue weighted by Crippen LogP contribution is 2.25. The van der Waals surface area contributed by atoms with E-state index in [1.165, 1.54) is 0 Å². The molecule has 1 unspecified atom stereocenters. The van der Waals surface area contributed by atoms with Crippen LogP contribution in [0.3, 0.4) is 0 Å². The smallest absolute Gasteiger partial charge is 0.354 e. The lowest BCUT2D eigenvalue weighted by Crippen LogP contribution is -2.43. The highest BCUT2D eigenvalue weighted by molar-refractivity contribution is 7.09. The molecule has 1 aliphatic heterocycles. The summed E-state index contributed by atoms with van der Waals surface area (Å²) in [6, 6.07) is 8.77.